The van der Waals surface area contributed by atoms with Crippen LogP contribution in [0, 0.1) is 6.92 Å². The van der Waals surface area contributed by atoms with Crippen molar-refractivity contribution in [2.24, 2.45) is 0 Å². The summed E-state index contributed by atoms with van der Waals surface area (Å²) in [6.45, 7) is 1.90. The largest absolute Gasteiger partial charge is 0.506 e. The summed E-state index contributed by atoms with van der Waals surface area (Å²) >= 11 is 1.25. The molecular weight excluding hydrogens is 360 g/mol. The van der Waals surface area contributed by atoms with Crippen LogP contribution in [0.2, 0.25) is 0 Å². The highest BCUT2D eigenvalue weighted by atomic mass is 32.1. The SMILES string of the molecule is Cc1ccc(O)c(NC(=O)c2sc(-c3ccco3)nc2-c2ccccc2)c1. The Hall–Kier alpha value is -3.38. The zero-order chi connectivity index (χ0) is 18.8. The number of rotatable bonds is 4. The van der Waals surface area contributed by atoms with Crippen molar-refractivity contribution in [3.05, 3.63) is 77.4 Å². The van der Waals surface area contributed by atoms with Crippen LogP contribution < -0.4 is 5.32 Å². The molecule has 2 aromatic heterocycles. The van der Waals surface area contributed by atoms with E-state index in [4.69, 9.17) is 4.42 Å². The molecule has 5 nitrogen and oxygen atoms in total. The number of aryl methyl sites for hydroxylation is 1. The topological polar surface area (TPSA) is 75.4 Å². The summed E-state index contributed by atoms with van der Waals surface area (Å²) in [4.78, 5) is 18.1. The van der Waals surface area contributed by atoms with Crippen molar-refractivity contribution in [2.75, 3.05) is 5.32 Å². The molecule has 4 rings (SSSR count). The maximum absolute atomic E-state index is 13.0. The molecule has 134 valence electrons. The van der Waals surface area contributed by atoms with E-state index < -0.39 is 0 Å². The van der Waals surface area contributed by atoms with Crippen molar-refractivity contribution < 1.29 is 14.3 Å². The first-order valence-electron chi connectivity index (χ1n) is 8.33. The average Bonchev–Trinajstić information content (AvgIpc) is 3.35. The van der Waals surface area contributed by atoms with Crippen LogP contribution in [-0.4, -0.2) is 16.0 Å². The van der Waals surface area contributed by atoms with Crippen molar-refractivity contribution in [2.45, 2.75) is 6.92 Å². The van der Waals surface area contributed by atoms with Gasteiger partial charge >= 0.3 is 0 Å². The van der Waals surface area contributed by atoms with E-state index >= 15 is 0 Å². The first kappa shape index (κ1) is 17.1. The second kappa shape index (κ2) is 7.09. The number of benzene rings is 2. The average molecular weight is 376 g/mol. The number of phenols is 1. The number of nitrogens with one attached hydrogen (secondary N) is 1. The fourth-order valence-electron chi connectivity index (χ4n) is 2.70. The van der Waals surface area contributed by atoms with Gasteiger partial charge in [0.15, 0.2) is 10.8 Å². The van der Waals surface area contributed by atoms with Crippen LogP contribution >= 0.6 is 11.3 Å². The molecule has 4 aromatic rings. The van der Waals surface area contributed by atoms with Crippen LogP contribution in [0.1, 0.15) is 15.2 Å². The molecule has 2 aromatic carbocycles. The summed E-state index contributed by atoms with van der Waals surface area (Å²) in [5.41, 5.74) is 2.72. The molecule has 2 N–H and O–H groups in total. The highest BCUT2D eigenvalue weighted by Gasteiger charge is 2.22. The third-order valence-corrected chi connectivity index (χ3v) is 5.08. The van der Waals surface area contributed by atoms with Crippen molar-refractivity contribution >= 4 is 22.9 Å². The number of anilines is 1. The van der Waals surface area contributed by atoms with Crippen LogP contribution in [0.15, 0.2) is 71.3 Å². The molecule has 1 amide bonds. The maximum Gasteiger partial charge on any atom is 0.268 e. The van der Waals surface area contributed by atoms with Crippen LogP contribution in [0.5, 0.6) is 5.75 Å². The van der Waals surface area contributed by atoms with Crippen molar-refractivity contribution in [3.63, 3.8) is 0 Å². The number of furan rings is 1. The zero-order valence-electron chi connectivity index (χ0n) is 14.5. The van der Waals surface area contributed by atoms with Gasteiger partial charge in [0.05, 0.1) is 17.6 Å². The number of aromatic nitrogens is 1. The summed E-state index contributed by atoms with van der Waals surface area (Å²) in [7, 11) is 0. The van der Waals surface area contributed by atoms with E-state index in [1.165, 1.54) is 11.3 Å². The number of hydrogen-bond donors (Lipinski definition) is 2. The number of amides is 1. The number of hydrogen-bond acceptors (Lipinski definition) is 5. The molecule has 27 heavy (non-hydrogen) atoms. The van der Waals surface area contributed by atoms with E-state index in [0.29, 0.717) is 27.0 Å². The second-order valence-corrected chi connectivity index (χ2v) is 7.01. The standard InChI is InChI=1S/C21H16N2O3S/c1-13-9-10-16(24)15(12-13)22-20(25)19-18(14-6-3-2-4-7-14)23-21(27-19)17-8-5-11-26-17/h2-12,24H,1H3,(H,22,25). The Labute approximate surface area is 159 Å². The normalized spacial score (nSPS) is 10.7. The molecule has 0 saturated carbocycles. The minimum Gasteiger partial charge on any atom is -0.506 e. The Kier molecular flexibility index (Phi) is 4.48. The fourth-order valence-corrected chi connectivity index (χ4v) is 3.65. The predicted octanol–water partition coefficient (Wildman–Crippen LogP) is 5.34. The van der Waals surface area contributed by atoms with Gasteiger partial charge < -0.3 is 14.8 Å². The Morgan fingerprint density at radius 1 is 1.11 bits per heavy atom. The summed E-state index contributed by atoms with van der Waals surface area (Å²) in [5, 5.41) is 13.4. The molecule has 0 unspecified atom stereocenters. The molecule has 6 heteroatoms. The molecule has 0 aliphatic rings. The van der Waals surface area contributed by atoms with Gasteiger partial charge in [0.25, 0.3) is 5.91 Å². The van der Waals surface area contributed by atoms with Crippen LogP contribution in [-0.2, 0) is 0 Å². The smallest absolute Gasteiger partial charge is 0.268 e. The third kappa shape index (κ3) is 3.47. The van der Waals surface area contributed by atoms with Gasteiger partial charge in [0.1, 0.15) is 10.6 Å². The minimum atomic E-state index is -0.329. The van der Waals surface area contributed by atoms with Crippen LogP contribution in [0.25, 0.3) is 22.0 Å². The quantitative estimate of drug-likeness (QED) is 0.472. The van der Waals surface area contributed by atoms with Gasteiger partial charge in [-0.25, -0.2) is 4.98 Å². The second-order valence-electron chi connectivity index (χ2n) is 6.01. The van der Waals surface area contributed by atoms with Gasteiger partial charge in [0, 0.05) is 5.56 Å². The number of carbonyl (C=O) groups excluding carboxylic acids is 1. The van der Waals surface area contributed by atoms with Gasteiger partial charge in [-0.3, -0.25) is 4.79 Å². The van der Waals surface area contributed by atoms with Gasteiger partial charge in [0.2, 0.25) is 0 Å². The molecule has 0 spiro atoms. The van der Waals surface area contributed by atoms with E-state index in [9.17, 15) is 9.90 Å². The predicted molar refractivity (Wildman–Crippen MR) is 106 cm³/mol. The monoisotopic (exact) mass is 376 g/mol. The van der Waals surface area contributed by atoms with E-state index in [1.54, 1.807) is 30.5 Å². The molecule has 0 aliphatic heterocycles. The van der Waals surface area contributed by atoms with E-state index in [2.05, 4.69) is 10.3 Å². The Balaban J connectivity index is 1.76. The Bertz CT molecular complexity index is 1090. The molecule has 0 aliphatic carbocycles. The number of phenolic OH excluding ortho intramolecular Hbond substituents is 1. The molecule has 2 heterocycles. The lowest BCUT2D eigenvalue weighted by Gasteiger charge is -2.08. The number of aromatic hydroxyl groups is 1. The first-order chi connectivity index (χ1) is 13.1. The lowest BCUT2D eigenvalue weighted by molar-refractivity contribution is 0.103. The molecule has 0 atom stereocenters. The van der Waals surface area contributed by atoms with Crippen molar-refractivity contribution in [1.29, 1.82) is 0 Å². The first-order valence-corrected chi connectivity index (χ1v) is 9.14. The lowest BCUT2D eigenvalue weighted by Crippen LogP contribution is -2.11. The summed E-state index contributed by atoms with van der Waals surface area (Å²) in [5.74, 6) is 0.297. The van der Waals surface area contributed by atoms with Gasteiger partial charge in [-0.2, -0.15) is 0 Å². The number of thiazole rings is 1. The third-order valence-electron chi connectivity index (χ3n) is 4.01. The number of nitrogens with zero attached hydrogens (tertiary/aromatic N) is 1. The highest BCUT2D eigenvalue weighted by molar-refractivity contribution is 7.17. The fraction of sp³-hybridized carbons (Fsp3) is 0.0476. The maximum atomic E-state index is 13.0. The summed E-state index contributed by atoms with van der Waals surface area (Å²) < 4.78 is 5.43. The molecule has 0 radical (unpaired) electrons. The molecule has 0 saturated heterocycles. The highest BCUT2D eigenvalue weighted by Crippen LogP contribution is 2.35. The van der Waals surface area contributed by atoms with Crippen molar-refractivity contribution in [1.82, 2.24) is 4.98 Å². The zero-order valence-corrected chi connectivity index (χ0v) is 15.3. The van der Waals surface area contributed by atoms with E-state index in [0.717, 1.165) is 11.1 Å². The van der Waals surface area contributed by atoms with Gasteiger partial charge in [-0.15, -0.1) is 11.3 Å². The van der Waals surface area contributed by atoms with Gasteiger partial charge in [-0.1, -0.05) is 36.4 Å². The van der Waals surface area contributed by atoms with E-state index in [-0.39, 0.29) is 11.7 Å². The number of carbonyl (C=O) groups is 1. The molecule has 0 bridgehead atoms. The van der Waals surface area contributed by atoms with Crippen LogP contribution in [0.4, 0.5) is 5.69 Å². The Morgan fingerprint density at radius 2 is 1.93 bits per heavy atom. The summed E-state index contributed by atoms with van der Waals surface area (Å²) in [6.07, 6.45) is 1.57. The molecule has 0 fully saturated rings. The summed E-state index contributed by atoms with van der Waals surface area (Å²) in [6, 6.07) is 18.2. The van der Waals surface area contributed by atoms with E-state index in [1.807, 2.05) is 43.3 Å². The van der Waals surface area contributed by atoms with Gasteiger partial charge in [-0.05, 0) is 36.8 Å². The Morgan fingerprint density at radius 3 is 2.67 bits per heavy atom. The molecular formula is C21H16N2O3S. The van der Waals surface area contributed by atoms with Crippen LogP contribution in [0.3, 0.4) is 0 Å². The lowest BCUT2D eigenvalue weighted by atomic mass is 10.1. The van der Waals surface area contributed by atoms with Crippen molar-refractivity contribution in [3.8, 4) is 27.8 Å². The minimum absolute atomic E-state index is 0.0194.